The highest BCUT2D eigenvalue weighted by atomic mass is 14.9. The molecule has 0 amide bonds. The topological polar surface area (TPSA) is 4.93 Å². The average molecular weight is 243 g/mol. The molecule has 0 aliphatic carbocycles. The Morgan fingerprint density at radius 3 is 2.21 bits per heavy atom. The molecule has 0 saturated carbocycles. The Kier molecular flexibility index (Phi) is 2.18. The Balaban J connectivity index is 2.15. The van der Waals surface area contributed by atoms with E-state index in [0.717, 1.165) is 0 Å². The van der Waals surface area contributed by atoms with Gasteiger partial charge in [-0.3, -0.25) is 0 Å². The van der Waals surface area contributed by atoms with Crippen LogP contribution in [0.3, 0.4) is 0 Å². The molecule has 0 bridgehead atoms. The standard InChI is InChI=1S/C18H13N/c1-2-7-15-14(6-1)10-11-17-16(15)8-5-9-18(17)19-12-3-4-13-19/h1-13H. The number of benzene rings is 3. The van der Waals surface area contributed by atoms with Gasteiger partial charge in [0.05, 0.1) is 5.69 Å². The van der Waals surface area contributed by atoms with E-state index in [9.17, 15) is 0 Å². The van der Waals surface area contributed by atoms with Gasteiger partial charge in [-0.2, -0.15) is 0 Å². The first-order valence-electron chi connectivity index (χ1n) is 6.47. The summed E-state index contributed by atoms with van der Waals surface area (Å²) in [5.41, 5.74) is 1.23. The number of hydrogen-bond acceptors (Lipinski definition) is 0. The maximum atomic E-state index is 2.22. The van der Waals surface area contributed by atoms with Gasteiger partial charge in [0.15, 0.2) is 0 Å². The lowest BCUT2D eigenvalue weighted by Crippen LogP contribution is -1.91. The van der Waals surface area contributed by atoms with Gasteiger partial charge in [0.2, 0.25) is 0 Å². The minimum Gasteiger partial charge on any atom is -0.323 e. The number of fused-ring (bicyclic) bond motifs is 3. The zero-order chi connectivity index (χ0) is 12.7. The Bertz CT molecular complexity index is 857. The maximum absolute atomic E-state index is 2.22. The normalized spacial score (nSPS) is 11.2. The highest BCUT2D eigenvalue weighted by Gasteiger charge is 2.04. The SMILES string of the molecule is c1ccc2c(c1)ccc1c(-n3cccc3)cccc12. The second-order valence-corrected chi connectivity index (χ2v) is 4.75. The molecule has 0 saturated heterocycles. The van der Waals surface area contributed by atoms with Crippen LogP contribution in [-0.2, 0) is 0 Å². The molecule has 0 aliphatic heterocycles. The van der Waals surface area contributed by atoms with Crippen molar-refractivity contribution in [1.29, 1.82) is 0 Å². The van der Waals surface area contributed by atoms with Crippen LogP contribution in [0.1, 0.15) is 0 Å². The first-order chi connectivity index (χ1) is 9.43. The molecule has 1 nitrogen and oxygen atoms in total. The fourth-order valence-corrected chi connectivity index (χ4v) is 2.74. The van der Waals surface area contributed by atoms with Crippen molar-refractivity contribution in [3.63, 3.8) is 0 Å². The third kappa shape index (κ3) is 1.55. The number of rotatable bonds is 1. The molecule has 19 heavy (non-hydrogen) atoms. The molecule has 1 aromatic heterocycles. The Morgan fingerprint density at radius 2 is 1.32 bits per heavy atom. The molecular formula is C18H13N. The number of hydrogen-bond donors (Lipinski definition) is 0. The largest absolute Gasteiger partial charge is 0.323 e. The third-order valence-electron chi connectivity index (χ3n) is 3.65. The van der Waals surface area contributed by atoms with Gasteiger partial charge in [-0.1, -0.05) is 48.5 Å². The molecule has 0 unspecified atom stereocenters. The van der Waals surface area contributed by atoms with Crippen LogP contribution in [0.5, 0.6) is 0 Å². The van der Waals surface area contributed by atoms with E-state index in [0.29, 0.717) is 0 Å². The van der Waals surface area contributed by atoms with E-state index in [2.05, 4.69) is 83.7 Å². The fraction of sp³-hybridized carbons (Fsp3) is 0. The molecule has 0 spiro atoms. The first kappa shape index (κ1) is 10.4. The van der Waals surface area contributed by atoms with Crippen LogP contribution in [0.4, 0.5) is 0 Å². The molecule has 0 aliphatic rings. The molecule has 1 heterocycles. The van der Waals surface area contributed by atoms with Gasteiger partial charge in [0, 0.05) is 17.8 Å². The summed E-state index contributed by atoms with van der Waals surface area (Å²) in [5.74, 6) is 0. The van der Waals surface area contributed by atoms with Crippen molar-refractivity contribution in [3.8, 4) is 5.69 Å². The highest BCUT2D eigenvalue weighted by molar-refractivity contribution is 6.09. The van der Waals surface area contributed by atoms with E-state index >= 15 is 0 Å². The lowest BCUT2D eigenvalue weighted by molar-refractivity contribution is 1.09. The van der Waals surface area contributed by atoms with E-state index in [1.165, 1.54) is 27.2 Å². The second kappa shape index (κ2) is 3.99. The van der Waals surface area contributed by atoms with Crippen LogP contribution in [0.15, 0.2) is 79.1 Å². The van der Waals surface area contributed by atoms with Crippen LogP contribution in [0.2, 0.25) is 0 Å². The molecule has 0 atom stereocenters. The quantitative estimate of drug-likeness (QED) is 0.424. The van der Waals surface area contributed by atoms with E-state index in [4.69, 9.17) is 0 Å². The van der Waals surface area contributed by atoms with Gasteiger partial charge in [0.1, 0.15) is 0 Å². The summed E-state index contributed by atoms with van der Waals surface area (Å²) in [6.45, 7) is 0. The van der Waals surface area contributed by atoms with Crippen molar-refractivity contribution in [2.24, 2.45) is 0 Å². The van der Waals surface area contributed by atoms with Gasteiger partial charge in [-0.05, 0) is 34.4 Å². The molecule has 4 rings (SSSR count). The lowest BCUT2D eigenvalue weighted by Gasteiger charge is -2.10. The minimum absolute atomic E-state index is 1.23. The smallest absolute Gasteiger partial charge is 0.0527 e. The van der Waals surface area contributed by atoms with Crippen LogP contribution in [-0.4, -0.2) is 4.57 Å². The molecule has 90 valence electrons. The first-order valence-corrected chi connectivity index (χ1v) is 6.47. The summed E-state index contributed by atoms with van der Waals surface area (Å²) in [6, 6.07) is 23.6. The van der Waals surface area contributed by atoms with Crippen LogP contribution in [0.25, 0.3) is 27.2 Å². The number of aromatic nitrogens is 1. The van der Waals surface area contributed by atoms with Gasteiger partial charge >= 0.3 is 0 Å². The summed E-state index contributed by atoms with van der Waals surface area (Å²) >= 11 is 0. The Labute approximate surface area is 111 Å². The summed E-state index contributed by atoms with van der Waals surface area (Å²) in [7, 11) is 0. The van der Waals surface area contributed by atoms with Gasteiger partial charge in [-0.25, -0.2) is 0 Å². The Morgan fingerprint density at radius 1 is 0.526 bits per heavy atom. The molecule has 1 heteroatoms. The molecule has 0 fully saturated rings. The van der Waals surface area contributed by atoms with E-state index < -0.39 is 0 Å². The second-order valence-electron chi connectivity index (χ2n) is 4.75. The predicted octanol–water partition coefficient (Wildman–Crippen LogP) is 4.78. The maximum Gasteiger partial charge on any atom is 0.0527 e. The van der Waals surface area contributed by atoms with Gasteiger partial charge < -0.3 is 4.57 Å². The van der Waals surface area contributed by atoms with E-state index in [-0.39, 0.29) is 0 Å². The molecular weight excluding hydrogens is 230 g/mol. The van der Waals surface area contributed by atoms with Crippen molar-refractivity contribution in [2.75, 3.05) is 0 Å². The van der Waals surface area contributed by atoms with Crippen molar-refractivity contribution in [2.45, 2.75) is 0 Å². The summed E-state index contributed by atoms with van der Waals surface area (Å²) in [5, 5.41) is 5.20. The molecule has 3 aromatic carbocycles. The third-order valence-corrected chi connectivity index (χ3v) is 3.65. The average Bonchev–Trinajstić information content (AvgIpc) is 3.00. The van der Waals surface area contributed by atoms with Crippen molar-refractivity contribution < 1.29 is 0 Å². The van der Waals surface area contributed by atoms with Crippen molar-refractivity contribution in [1.82, 2.24) is 4.57 Å². The summed E-state index contributed by atoms with van der Waals surface area (Å²) in [6.07, 6.45) is 4.17. The van der Waals surface area contributed by atoms with E-state index in [1.54, 1.807) is 0 Å². The monoisotopic (exact) mass is 243 g/mol. The highest BCUT2D eigenvalue weighted by Crippen LogP contribution is 2.29. The lowest BCUT2D eigenvalue weighted by atomic mass is 10.0. The van der Waals surface area contributed by atoms with Crippen LogP contribution in [0, 0.1) is 0 Å². The van der Waals surface area contributed by atoms with Gasteiger partial charge in [-0.15, -0.1) is 0 Å². The molecule has 4 aromatic rings. The van der Waals surface area contributed by atoms with Crippen molar-refractivity contribution in [3.05, 3.63) is 79.1 Å². The zero-order valence-electron chi connectivity index (χ0n) is 10.5. The zero-order valence-corrected chi connectivity index (χ0v) is 10.5. The summed E-state index contributed by atoms with van der Waals surface area (Å²) < 4.78 is 2.16. The number of nitrogens with zero attached hydrogens (tertiary/aromatic N) is 1. The molecule has 0 radical (unpaired) electrons. The predicted molar refractivity (Wildman–Crippen MR) is 80.8 cm³/mol. The van der Waals surface area contributed by atoms with Crippen LogP contribution >= 0.6 is 0 Å². The fourth-order valence-electron chi connectivity index (χ4n) is 2.74. The summed E-state index contributed by atoms with van der Waals surface area (Å²) in [4.78, 5) is 0. The Hall–Kier alpha value is -2.54. The van der Waals surface area contributed by atoms with Gasteiger partial charge in [0.25, 0.3) is 0 Å². The van der Waals surface area contributed by atoms with E-state index in [1.807, 2.05) is 0 Å². The van der Waals surface area contributed by atoms with Crippen LogP contribution < -0.4 is 0 Å². The van der Waals surface area contributed by atoms with Crippen molar-refractivity contribution >= 4 is 21.5 Å². The minimum atomic E-state index is 1.23. The molecule has 0 N–H and O–H groups in total.